The van der Waals surface area contributed by atoms with E-state index in [0.717, 1.165) is 50.3 Å². The fourth-order valence-electron chi connectivity index (χ4n) is 4.43. The highest BCUT2D eigenvalue weighted by molar-refractivity contribution is 7.92. The number of piperazine rings is 1. The zero-order valence-corrected chi connectivity index (χ0v) is 24.2. The first-order chi connectivity index (χ1) is 16.2. The Bertz CT molecular complexity index is 1330. The van der Waals surface area contributed by atoms with E-state index in [0.29, 0.717) is 16.7 Å². The van der Waals surface area contributed by atoms with Gasteiger partial charge in [0.2, 0.25) is 0 Å². The minimum absolute atomic E-state index is 0. The maximum Gasteiger partial charge on any atom is 0.336 e. The molecular formula is C25H33Cl3N4O4S. The van der Waals surface area contributed by atoms with Gasteiger partial charge in [0.05, 0.1) is 16.0 Å². The van der Waals surface area contributed by atoms with E-state index in [-0.39, 0.29) is 53.4 Å². The van der Waals surface area contributed by atoms with E-state index in [1.54, 1.807) is 30.3 Å². The smallest absolute Gasteiger partial charge is 0.336 e. The minimum Gasteiger partial charge on any atom is -0.478 e. The Balaban J connectivity index is 0.00000228. The van der Waals surface area contributed by atoms with Gasteiger partial charge in [-0.15, -0.1) is 37.2 Å². The maximum atomic E-state index is 12.9. The molecule has 0 bridgehead atoms. The maximum absolute atomic E-state index is 12.9. The monoisotopic (exact) mass is 590 g/mol. The number of hydrogen-bond acceptors (Lipinski definition) is 6. The normalized spacial score (nSPS) is 13.8. The van der Waals surface area contributed by atoms with Crippen molar-refractivity contribution in [3.63, 3.8) is 0 Å². The number of aromatic carboxylic acids is 1. The molecule has 3 aromatic rings. The number of pyridine rings is 1. The van der Waals surface area contributed by atoms with Crippen molar-refractivity contribution in [3.8, 4) is 0 Å². The van der Waals surface area contributed by atoms with Crippen LogP contribution in [0.2, 0.25) is 0 Å². The molecule has 1 aliphatic rings. The molecule has 0 atom stereocenters. The highest BCUT2D eigenvalue weighted by atomic mass is 35.5. The summed E-state index contributed by atoms with van der Waals surface area (Å²) in [5.74, 6) is -0.447. The Hall–Kier alpha value is -2.30. The van der Waals surface area contributed by atoms with Crippen LogP contribution in [-0.4, -0.2) is 62.1 Å². The van der Waals surface area contributed by atoms with Crippen molar-refractivity contribution < 1.29 is 18.3 Å². The Morgan fingerprint density at radius 1 is 0.973 bits per heavy atom. The molecule has 0 saturated carbocycles. The van der Waals surface area contributed by atoms with Gasteiger partial charge < -0.3 is 10.0 Å². The second-order valence-corrected chi connectivity index (χ2v) is 10.5. The number of carbonyl (C=O) groups is 1. The van der Waals surface area contributed by atoms with Crippen molar-refractivity contribution in [3.05, 3.63) is 59.2 Å². The number of aryl methyl sites for hydroxylation is 2. The van der Waals surface area contributed by atoms with E-state index in [4.69, 9.17) is 4.98 Å². The summed E-state index contributed by atoms with van der Waals surface area (Å²) in [5.41, 5.74) is 2.60. The number of nitrogens with zero attached hydrogens (tertiary/aromatic N) is 3. The molecule has 2 N–H and O–H groups in total. The third-order valence-corrected chi connectivity index (χ3v) is 7.38. The predicted molar refractivity (Wildman–Crippen MR) is 156 cm³/mol. The van der Waals surface area contributed by atoms with Crippen LogP contribution in [0, 0.1) is 13.8 Å². The minimum atomic E-state index is -3.83. The molecule has 8 nitrogen and oxygen atoms in total. The zero-order valence-electron chi connectivity index (χ0n) is 20.9. The second kappa shape index (κ2) is 13.5. The third kappa shape index (κ3) is 7.61. The van der Waals surface area contributed by atoms with Gasteiger partial charge in [0, 0.05) is 37.3 Å². The zero-order chi connectivity index (χ0) is 24.5. The van der Waals surface area contributed by atoms with Gasteiger partial charge in [-0.2, -0.15) is 0 Å². The van der Waals surface area contributed by atoms with E-state index in [1.807, 2.05) is 19.9 Å². The summed E-state index contributed by atoms with van der Waals surface area (Å²) < 4.78 is 28.5. The average molecular weight is 592 g/mol. The Morgan fingerprint density at radius 3 is 2.16 bits per heavy atom. The van der Waals surface area contributed by atoms with Crippen LogP contribution in [0.3, 0.4) is 0 Å². The first-order valence-corrected chi connectivity index (χ1v) is 12.9. The number of carboxylic acids is 1. The highest BCUT2D eigenvalue weighted by Gasteiger charge is 2.21. The topological polar surface area (TPSA) is 103 Å². The average Bonchev–Trinajstić information content (AvgIpc) is 2.78. The lowest BCUT2D eigenvalue weighted by Gasteiger charge is -2.35. The van der Waals surface area contributed by atoms with Crippen LogP contribution in [0.5, 0.6) is 0 Å². The predicted octanol–water partition coefficient (Wildman–Crippen LogP) is 5.15. The molecule has 1 aliphatic heterocycles. The van der Waals surface area contributed by atoms with Crippen LogP contribution in [0.25, 0.3) is 10.9 Å². The van der Waals surface area contributed by atoms with Crippen LogP contribution in [-0.2, 0) is 10.0 Å². The van der Waals surface area contributed by atoms with E-state index in [9.17, 15) is 18.3 Å². The van der Waals surface area contributed by atoms with Gasteiger partial charge in [0.1, 0.15) is 5.82 Å². The second-order valence-electron chi connectivity index (χ2n) is 8.82. The van der Waals surface area contributed by atoms with Crippen molar-refractivity contribution in [2.45, 2.75) is 32.1 Å². The number of aromatic nitrogens is 1. The van der Waals surface area contributed by atoms with Gasteiger partial charge >= 0.3 is 5.97 Å². The summed E-state index contributed by atoms with van der Waals surface area (Å²) in [6.07, 6.45) is 1.10. The quantitative estimate of drug-likeness (QED) is 0.392. The van der Waals surface area contributed by atoms with Crippen LogP contribution >= 0.6 is 37.2 Å². The van der Waals surface area contributed by atoms with Crippen LogP contribution in [0.15, 0.2) is 47.4 Å². The molecular weight excluding hydrogens is 559 g/mol. The highest BCUT2D eigenvalue weighted by Crippen LogP contribution is 2.28. The summed E-state index contributed by atoms with van der Waals surface area (Å²) in [5, 5.41) is 10.3. The summed E-state index contributed by atoms with van der Waals surface area (Å²) >= 11 is 0. The molecule has 1 aromatic heterocycles. The van der Waals surface area contributed by atoms with Gasteiger partial charge in [0.15, 0.2) is 0 Å². The molecule has 204 valence electrons. The first kappa shape index (κ1) is 32.7. The van der Waals surface area contributed by atoms with Crippen molar-refractivity contribution in [1.82, 2.24) is 9.88 Å². The Kier molecular flexibility index (Phi) is 11.9. The first-order valence-electron chi connectivity index (χ1n) is 11.4. The summed E-state index contributed by atoms with van der Waals surface area (Å²) in [6.45, 7) is 10.3. The number of benzene rings is 2. The number of fused-ring (bicyclic) bond motifs is 1. The van der Waals surface area contributed by atoms with Gasteiger partial charge in [-0.05, 0) is 74.3 Å². The van der Waals surface area contributed by atoms with Crippen LogP contribution in [0.1, 0.15) is 34.8 Å². The SMILES string of the molecule is CCCN1CCN(c2cc(C(=O)O)c3cc(NS(=O)(=O)c4cc(C)cc(C)c4)ccc3n2)CC1.Cl.Cl.Cl. The van der Waals surface area contributed by atoms with Gasteiger partial charge in [-0.25, -0.2) is 18.2 Å². The standard InChI is InChI=1S/C25H30N4O4S.3ClH/c1-4-7-28-8-10-29(11-9-28)24-16-22(25(30)31)21-15-19(5-6-23(21)26-24)27-34(32,33)20-13-17(2)12-18(3)14-20;;;/h5-6,12-16,27H,4,7-11H2,1-3H3,(H,30,31);3*1H. The van der Waals surface area contributed by atoms with Gasteiger partial charge in [0.25, 0.3) is 10.0 Å². The number of hydrogen-bond donors (Lipinski definition) is 2. The van der Waals surface area contributed by atoms with Crippen LogP contribution in [0.4, 0.5) is 11.5 Å². The number of carboxylic acid groups (broad SMARTS) is 1. The molecule has 4 rings (SSSR count). The molecule has 0 unspecified atom stereocenters. The number of halogens is 3. The lowest BCUT2D eigenvalue weighted by molar-refractivity contribution is 0.0699. The fourth-order valence-corrected chi connectivity index (χ4v) is 5.67. The number of rotatable bonds is 7. The summed E-state index contributed by atoms with van der Waals surface area (Å²) in [7, 11) is -3.83. The van der Waals surface area contributed by atoms with Gasteiger partial charge in [-0.1, -0.05) is 13.0 Å². The Labute approximate surface area is 236 Å². The van der Waals surface area contributed by atoms with Gasteiger partial charge in [-0.3, -0.25) is 9.62 Å². The lowest BCUT2D eigenvalue weighted by atomic mass is 10.1. The molecule has 12 heteroatoms. The summed E-state index contributed by atoms with van der Waals surface area (Å²) in [4.78, 5) is 21.5. The molecule has 0 aliphatic carbocycles. The van der Waals surface area contributed by atoms with Crippen molar-refractivity contribution in [1.29, 1.82) is 0 Å². The van der Waals surface area contributed by atoms with Crippen molar-refractivity contribution in [2.24, 2.45) is 0 Å². The lowest BCUT2D eigenvalue weighted by Crippen LogP contribution is -2.46. The molecule has 0 spiro atoms. The van der Waals surface area contributed by atoms with E-state index < -0.39 is 16.0 Å². The van der Waals surface area contributed by atoms with Crippen molar-refractivity contribution in [2.75, 3.05) is 42.3 Å². The molecule has 0 amide bonds. The van der Waals surface area contributed by atoms with Crippen LogP contribution < -0.4 is 9.62 Å². The van der Waals surface area contributed by atoms with Crippen molar-refractivity contribution >= 4 is 75.6 Å². The number of anilines is 2. The van der Waals surface area contributed by atoms with E-state index in [1.165, 1.54) is 6.07 Å². The largest absolute Gasteiger partial charge is 0.478 e. The number of sulfonamides is 1. The van der Waals surface area contributed by atoms with E-state index >= 15 is 0 Å². The molecule has 2 aromatic carbocycles. The molecule has 1 fully saturated rings. The Morgan fingerprint density at radius 2 is 1.59 bits per heavy atom. The number of nitrogens with one attached hydrogen (secondary N) is 1. The molecule has 0 radical (unpaired) electrons. The third-order valence-electron chi connectivity index (χ3n) is 6.02. The van der Waals surface area contributed by atoms with E-state index in [2.05, 4.69) is 21.4 Å². The fraction of sp³-hybridized carbons (Fsp3) is 0.360. The summed E-state index contributed by atoms with van der Waals surface area (Å²) in [6, 6.07) is 11.5. The molecule has 2 heterocycles. The molecule has 1 saturated heterocycles. The molecule has 37 heavy (non-hydrogen) atoms.